The zero-order valence-corrected chi connectivity index (χ0v) is 25.8. The van der Waals surface area contributed by atoms with Crippen LogP contribution in [0.2, 0.25) is 0 Å². The van der Waals surface area contributed by atoms with E-state index in [-0.39, 0.29) is 49.1 Å². The Labute approximate surface area is 252 Å². The molecule has 3 aliphatic carbocycles. The zero-order valence-electron chi connectivity index (χ0n) is 25.8. The van der Waals surface area contributed by atoms with E-state index >= 15 is 0 Å². The van der Waals surface area contributed by atoms with Crippen molar-refractivity contribution in [3.8, 4) is 0 Å². The van der Waals surface area contributed by atoms with E-state index in [1.165, 1.54) is 11.0 Å². The lowest BCUT2D eigenvalue weighted by Crippen LogP contribution is -2.60. The number of alkyl carbamates (subject to hydrolysis) is 1. The number of ether oxygens (including phenoxy) is 1. The van der Waals surface area contributed by atoms with Gasteiger partial charge >= 0.3 is 6.09 Å². The number of hydrogen-bond donors (Lipinski definition) is 3. The number of ketones is 1. The zero-order chi connectivity index (χ0) is 31.9. The van der Waals surface area contributed by atoms with Crippen molar-refractivity contribution in [2.75, 3.05) is 13.1 Å². The predicted octanol–water partition coefficient (Wildman–Crippen LogP) is 3.34. The summed E-state index contributed by atoms with van der Waals surface area (Å²) in [4.78, 5) is 67.8. The Morgan fingerprint density at radius 2 is 1.67 bits per heavy atom. The van der Waals surface area contributed by atoms with Gasteiger partial charge in [-0.25, -0.2) is 13.6 Å². The van der Waals surface area contributed by atoms with Crippen LogP contribution in [-0.2, 0) is 23.9 Å². The first-order chi connectivity index (χ1) is 19.9. The second-order valence-corrected chi connectivity index (χ2v) is 14.3. The first-order valence-corrected chi connectivity index (χ1v) is 15.4. The fourth-order valence-electron chi connectivity index (χ4n) is 6.79. The van der Waals surface area contributed by atoms with Crippen LogP contribution in [0.3, 0.4) is 0 Å². The fraction of sp³-hybridized carbons (Fsp3) is 0.774. The second kappa shape index (κ2) is 12.1. The van der Waals surface area contributed by atoms with E-state index in [9.17, 15) is 32.8 Å². The van der Waals surface area contributed by atoms with Crippen LogP contribution in [0.4, 0.5) is 13.6 Å². The number of Topliss-reactive ketones (excluding diaryl/α,β-unsaturated/α-hetero) is 1. The quantitative estimate of drug-likeness (QED) is 0.243. The van der Waals surface area contributed by atoms with Crippen LogP contribution in [0.5, 0.6) is 0 Å². The van der Waals surface area contributed by atoms with Gasteiger partial charge in [-0.1, -0.05) is 32.8 Å². The van der Waals surface area contributed by atoms with Gasteiger partial charge in [0.25, 0.3) is 5.91 Å². The van der Waals surface area contributed by atoms with Gasteiger partial charge in [-0.05, 0) is 69.1 Å². The molecule has 3 N–H and O–H groups in total. The van der Waals surface area contributed by atoms with E-state index in [1.54, 1.807) is 20.8 Å². The first kappa shape index (κ1) is 32.9. The number of hydrogen-bond acceptors (Lipinski definition) is 6. The summed E-state index contributed by atoms with van der Waals surface area (Å²) in [5.41, 5.74) is -1.09. The molecule has 4 fully saturated rings. The summed E-state index contributed by atoms with van der Waals surface area (Å²) in [6.45, 7) is 13.0. The molecule has 0 spiro atoms. The molecule has 0 aromatic rings. The minimum Gasteiger partial charge on any atom is -0.444 e. The normalized spacial score (nSPS) is 27.2. The number of alkyl halides is 2. The number of carbonyl (C=O) groups is 5. The average molecular weight is 609 g/mol. The molecule has 12 heteroatoms. The lowest BCUT2D eigenvalue weighted by molar-refractivity contribution is -0.145. The Morgan fingerprint density at radius 3 is 2.23 bits per heavy atom. The summed E-state index contributed by atoms with van der Waals surface area (Å²) in [5, 5.41) is 7.90. The molecule has 0 radical (unpaired) electrons. The molecule has 1 saturated heterocycles. The molecule has 4 amide bonds. The molecule has 3 saturated carbocycles. The van der Waals surface area contributed by atoms with Crippen molar-refractivity contribution in [1.29, 1.82) is 0 Å². The summed E-state index contributed by atoms with van der Waals surface area (Å²) in [6.07, 6.45) is 1.98. The third kappa shape index (κ3) is 7.73. The van der Waals surface area contributed by atoms with E-state index in [1.807, 2.05) is 13.8 Å². The lowest BCUT2D eigenvalue weighted by Gasteiger charge is -2.38. The number of likely N-dealkylation sites (tertiary alicyclic amines) is 1. The van der Waals surface area contributed by atoms with Gasteiger partial charge in [-0.2, -0.15) is 0 Å². The Hall–Kier alpha value is -3.05. The molecule has 0 aromatic carbocycles. The number of rotatable bonds is 11. The van der Waals surface area contributed by atoms with Crippen LogP contribution >= 0.6 is 0 Å². The van der Waals surface area contributed by atoms with Gasteiger partial charge in [0.1, 0.15) is 17.7 Å². The minimum atomic E-state index is -2.83. The van der Waals surface area contributed by atoms with Crippen molar-refractivity contribution in [3.05, 3.63) is 12.7 Å². The number of fused-ring (bicyclic) bond motifs is 1. The minimum absolute atomic E-state index is 0.0125. The number of nitrogens with zero attached hydrogens (tertiary/aromatic N) is 1. The van der Waals surface area contributed by atoms with E-state index in [4.69, 9.17) is 4.74 Å². The summed E-state index contributed by atoms with van der Waals surface area (Å²) in [7, 11) is 0. The maximum absolute atomic E-state index is 14.2. The van der Waals surface area contributed by atoms with Crippen LogP contribution in [0.15, 0.2) is 12.7 Å². The van der Waals surface area contributed by atoms with E-state index in [0.717, 1.165) is 12.8 Å². The van der Waals surface area contributed by atoms with Crippen LogP contribution in [0, 0.1) is 29.1 Å². The van der Waals surface area contributed by atoms with E-state index in [0.29, 0.717) is 6.42 Å². The number of carbonyl (C=O) groups excluding carboxylic acids is 5. The molecule has 10 nitrogen and oxygen atoms in total. The first-order valence-electron chi connectivity index (χ1n) is 15.4. The second-order valence-electron chi connectivity index (χ2n) is 14.3. The molecular formula is C31H46F2N4O6. The van der Waals surface area contributed by atoms with Crippen LogP contribution in [-0.4, -0.2) is 77.2 Å². The van der Waals surface area contributed by atoms with Crippen molar-refractivity contribution in [3.63, 3.8) is 0 Å². The Bertz CT molecular complexity index is 1140. The molecule has 1 heterocycles. The van der Waals surface area contributed by atoms with Crippen LogP contribution in [0.25, 0.3) is 0 Å². The van der Waals surface area contributed by atoms with Gasteiger partial charge in [-0.15, -0.1) is 6.58 Å². The van der Waals surface area contributed by atoms with Crippen molar-refractivity contribution in [2.24, 2.45) is 29.1 Å². The number of amides is 4. The van der Waals surface area contributed by atoms with E-state index in [2.05, 4.69) is 22.5 Å². The van der Waals surface area contributed by atoms with Crippen LogP contribution < -0.4 is 16.0 Å². The molecule has 1 aliphatic heterocycles. The highest BCUT2D eigenvalue weighted by Crippen LogP contribution is 2.65. The highest BCUT2D eigenvalue weighted by atomic mass is 19.3. The topological polar surface area (TPSA) is 134 Å². The highest BCUT2D eigenvalue weighted by molar-refractivity contribution is 6.38. The summed E-state index contributed by atoms with van der Waals surface area (Å²) >= 11 is 0. The maximum atomic E-state index is 14.2. The Kier molecular flexibility index (Phi) is 9.28. The molecule has 1 unspecified atom stereocenters. The SMILES string of the molecule is C=CCNC(=O)C(=O)C(CC1CC1)NC(=O)[C@@H]1[C@@H]2[C@H](CN1C(=O)[C@@H](NC(=O)OC(C)(C)C)C1CCC(F)(F)CC1)C2(C)C. The Balaban J connectivity index is 1.56. The fourth-order valence-corrected chi connectivity index (χ4v) is 6.79. The number of nitrogens with one attached hydrogen (secondary N) is 3. The molecule has 0 aromatic heterocycles. The Morgan fingerprint density at radius 1 is 1.05 bits per heavy atom. The van der Waals surface area contributed by atoms with Gasteiger partial charge in [-0.3, -0.25) is 19.2 Å². The maximum Gasteiger partial charge on any atom is 0.408 e. The van der Waals surface area contributed by atoms with Gasteiger partial charge in [0.2, 0.25) is 23.5 Å². The van der Waals surface area contributed by atoms with Crippen LogP contribution in [0.1, 0.15) is 79.6 Å². The van der Waals surface area contributed by atoms with Gasteiger partial charge in [0.15, 0.2) is 0 Å². The van der Waals surface area contributed by atoms with Crippen molar-refractivity contribution in [2.45, 2.75) is 109 Å². The summed E-state index contributed by atoms with van der Waals surface area (Å²) in [5.74, 6) is -5.99. The molecule has 4 rings (SSSR count). The van der Waals surface area contributed by atoms with Crippen molar-refractivity contribution < 1.29 is 37.5 Å². The number of halogens is 2. The molecular weight excluding hydrogens is 562 g/mol. The largest absolute Gasteiger partial charge is 0.444 e. The predicted molar refractivity (Wildman–Crippen MR) is 154 cm³/mol. The monoisotopic (exact) mass is 608 g/mol. The van der Waals surface area contributed by atoms with Gasteiger partial charge in [0.05, 0.1) is 6.04 Å². The lowest BCUT2D eigenvalue weighted by atomic mass is 9.81. The molecule has 240 valence electrons. The number of piperidine rings is 1. The van der Waals surface area contributed by atoms with Crippen molar-refractivity contribution in [1.82, 2.24) is 20.9 Å². The van der Waals surface area contributed by atoms with Crippen molar-refractivity contribution >= 4 is 29.6 Å². The summed E-state index contributed by atoms with van der Waals surface area (Å²) < 4.78 is 33.4. The third-order valence-electron chi connectivity index (χ3n) is 9.46. The highest BCUT2D eigenvalue weighted by Gasteiger charge is 2.70. The smallest absolute Gasteiger partial charge is 0.408 e. The molecule has 4 aliphatic rings. The molecule has 5 atom stereocenters. The van der Waals surface area contributed by atoms with E-state index < -0.39 is 78.0 Å². The average Bonchev–Trinajstić information content (AvgIpc) is 3.76. The summed E-state index contributed by atoms with van der Waals surface area (Å²) in [6, 6.07) is -3.14. The molecule has 0 bridgehead atoms. The van der Waals surface area contributed by atoms with Gasteiger partial charge < -0.3 is 25.6 Å². The third-order valence-corrected chi connectivity index (χ3v) is 9.46. The van der Waals surface area contributed by atoms with Gasteiger partial charge in [0, 0.05) is 25.9 Å². The molecule has 43 heavy (non-hydrogen) atoms. The standard InChI is InChI=1S/C31H46F2N4O6/c1-7-14-34-26(40)24(38)20(15-17-8-9-17)35-25(39)23-21-19(30(21,5)6)16-37(23)27(41)22(36-28(42)43-29(2,3)4)18-10-12-31(32,33)13-11-18/h7,17-23H,1,8-16H2,2-6H3,(H,34,40)(H,35,39)(H,36,42)/t19-,20?,21-,22-,23-/m0/s1.